The van der Waals surface area contributed by atoms with E-state index in [9.17, 15) is 34.2 Å². The average Bonchev–Trinajstić information content (AvgIpc) is 3.29. The van der Waals surface area contributed by atoms with Gasteiger partial charge in [-0.1, -0.05) is 91.5 Å². The number of esters is 3. The van der Waals surface area contributed by atoms with Gasteiger partial charge in [-0.2, -0.15) is 0 Å². The first-order chi connectivity index (χ1) is 29.5. The number of rotatable bonds is 26. The number of aliphatic hydroxyl groups excluding tert-OH is 2. The van der Waals surface area contributed by atoms with Crippen molar-refractivity contribution in [2.45, 2.75) is 44.8 Å². The van der Waals surface area contributed by atoms with Crippen LogP contribution < -0.4 is 4.74 Å². The summed E-state index contributed by atoms with van der Waals surface area (Å²) in [5, 5.41) is 19.9. The van der Waals surface area contributed by atoms with Crippen molar-refractivity contribution in [2.24, 2.45) is 0 Å². The zero-order chi connectivity index (χ0) is 44.2. The zero-order valence-corrected chi connectivity index (χ0v) is 34.4. The fourth-order valence-corrected chi connectivity index (χ4v) is 5.23. The topological polar surface area (TPSA) is 181 Å². The van der Waals surface area contributed by atoms with E-state index in [1.54, 1.807) is 66.7 Å². The quantitative estimate of drug-likeness (QED) is 0.0232. The molecule has 0 aliphatic heterocycles. The minimum absolute atomic E-state index is 0.0102. The molecule has 4 rings (SSSR count). The van der Waals surface area contributed by atoms with Crippen molar-refractivity contribution in [3.05, 3.63) is 162 Å². The lowest BCUT2D eigenvalue weighted by atomic mass is 9.98. The maximum absolute atomic E-state index is 12.8. The molecule has 0 amide bonds. The summed E-state index contributed by atoms with van der Waals surface area (Å²) in [5.41, 5.74) is 3.09. The highest BCUT2D eigenvalue weighted by Gasteiger charge is 2.20. The zero-order valence-electron chi connectivity index (χ0n) is 34.4. The van der Waals surface area contributed by atoms with E-state index in [0.717, 1.165) is 24.1 Å². The van der Waals surface area contributed by atoms with Crippen LogP contribution in [0.4, 0.5) is 0 Å². The van der Waals surface area contributed by atoms with Gasteiger partial charge in [0.15, 0.2) is 11.6 Å². The van der Waals surface area contributed by atoms with E-state index in [2.05, 4.69) is 13.2 Å². The number of carbonyl (C=O) groups excluding carboxylic acids is 5. The molecule has 2 N–H and O–H groups in total. The Bertz CT molecular complexity index is 1980. The molecule has 324 valence electrons. The van der Waals surface area contributed by atoms with Crippen LogP contribution in [0.5, 0.6) is 5.75 Å². The van der Waals surface area contributed by atoms with E-state index >= 15 is 0 Å². The second-order valence-electron chi connectivity index (χ2n) is 13.5. The number of hydrogen-bond donors (Lipinski definition) is 2. The van der Waals surface area contributed by atoms with Crippen molar-refractivity contribution in [2.75, 3.05) is 52.9 Å². The molecule has 0 radical (unpaired) electrons. The Labute approximate surface area is 356 Å². The molecule has 0 aliphatic rings. The van der Waals surface area contributed by atoms with Crippen LogP contribution in [-0.4, -0.2) is 105 Å². The van der Waals surface area contributed by atoms with E-state index in [-0.39, 0.29) is 55.7 Å². The summed E-state index contributed by atoms with van der Waals surface area (Å²) in [7, 11) is 0. The summed E-state index contributed by atoms with van der Waals surface area (Å²) in [6.07, 6.45) is 3.13. The van der Waals surface area contributed by atoms with Gasteiger partial charge in [0.2, 0.25) is 0 Å². The van der Waals surface area contributed by atoms with Crippen LogP contribution in [0.15, 0.2) is 128 Å². The van der Waals surface area contributed by atoms with Gasteiger partial charge < -0.3 is 38.6 Å². The molecule has 4 aromatic rings. The Balaban J connectivity index is 0.000000327. The van der Waals surface area contributed by atoms with Gasteiger partial charge in [-0.05, 0) is 62.9 Å². The van der Waals surface area contributed by atoms with E-state index in [0.29, 0.717) is 61.5 Å². The van der Waals surface area contributed by atoms with Crippen molar-refractivity contribution in [3.63, 3.8) is 0 Å². The molecular weight excluding hydrogens is 785 g/mol. The number of carbonyl (C=O) groups is 5. The summed E-state index contributed by atoms with van der Waals surface area (Å²) in [5.74, 6) is -1.35. The number of hydrogen-bond acceptors (Lipinski definition) is 13. The van der Waals surface area contributed by atoms with Crippen LogP contribution in [0, 0.1) is 6.92 Å². The van der Waals surface area contributed by atoms with E-state index in [1.807, 2.05) is 37.3 Å². The van der Waals surface area contributed by atoms with Crippen LogP contribution in [0.3, 0.4) is 0 Å². The molecule has 0 fully saturated rings. The van der Waals surface area contributed by atoms with Gasteiger partial charge >= 0.3 is 17.9 Å². The Morgan fingerprint density at radius 1 is 0.525 bits per heavy atom. The SMILES string of the molecule is C=CC(=O)OCCCCOCC(O)COC(=O)c1ccccc1C(=O)c1ccc(C)cc1.C=CC(=O)OCCCCOCC(O)COc1ccc(C(=O)c2ccccc2)cc1. The molecule has 0 spiro atoms. The summed E-state index contributed by atoms with van der Waals surface area (Å²) >= 11 is 0. The molecule has 0 bridgehead atoms. The van der Waals surface area contributed by atoms with Crippen LogP contribution >= 0.6 is 0 Å². The number of unbranched alkanes of at least 4 members (excludes halogenated alkanes) is 2. The van der Waals surface area contributed by atoms with Gasteiger partial charge in [0.05, 0.1) is 32.0 Å². The molecule has 0 saturated heterocycles. The number of ether oxygens (including phenoxy) is 6. The third-order valence-electron chi connectivity index (χ3n) is 8.52. The number of aryl methyl sites for hydroxylation is 1. The number of ketones is 2. The molecule has 0 aliphatic carbocycles. The van der Waals surface area contributed by atoms with Crippen LogP contribution in [-0.2, 0) is 33.3 Å². The smallest absolute Gasteiger partial charge is 0.338 e. The third-order valence-corrected chi connectivity index (χ3v) is 8.52. The third kappa shape index (κ3) is 19.1. The van der Waals surface area contributed by atoms with Gasteiger partial charge in [0.1, 0.15) is 31.2 Å². The Morgan fingerprint density at radius 2 is 0.984 bits per heavy atom. The molecule has 0 saturated carbocycles. The lowest BCUT2D eigenvalue weighted by Gasteiger charge is -2.13. The van der Waals surface area contributed by atoms with Crippen molar-refractivity contribution in [1.29, 1.82) is 0 Å². The Hall–Kier alpha value is -6.25. The predicted octanol–water partition coefficient (Wildman–Crippen LogP) is 6.45. The summed E-state index contributed by atoms with van der Waals surface area (Å²) in [4.78, 5) is 59.4. The summed E-state index contributed by atoms with van der Waals surface area (Å²) < 4.78 is 31.1. The molecule has 61 heavy (non-hydrogen) atoms. The largest absolute Gasteiger partial charge is 0.491 e. The monoisotopic (exact) mass is 838 g/mol. The molecular formula is C48H54O13. The first-order valence-electron chi connectivity index (χ1n) is 19.8. The normalized spacial score (nSPS) is 11.5. The van der Waals surface area contributed by atoms with Crippen LogP contribution in [0.25, 0.3) is 0 Å². The van der Waals surface area contributed by atoms with Crippen molar-refractivity contribution in [3.8, 4) is 5.75 Å². The standard InChI is InChI=1S/C25H28O7.C23H26O6/c1-3-23(27)31-15-7-6-14-30-16-20(26)17-32-25(29)22-9-5-4-8-21(22)24(28)19-12-10-18(2)11-13-19;1-2-22(25)28-15-7-6-14-27-16-20(24)17-29-21-12-10-19(11-13-21)23(26)18-8-4-3-5-9-18/h3-5,8-13,20,26H,1,6-7,14-17H2,2H3;2-5,8-13,20,24H,1,6-7,14-17H2. The minimum Gasteiger partial charge on any atom is -0.491 e. The van der Waals surface area contributed by atoms with Gasteiger partial charge in [-0.15, -0.1) is 0 Å². The van der Waals surface area contributed by atoms with Gasteiger partial charge in [0, 0.05) is 47.6 Å². The highest BCUT2D eigenvalue weighted by atomic mass is 16.6. The maximum Gasteiger partial charge on any atom is 0.338 e. The lowest BCUT2D eigenvalue weighted by Crippen LogP contribution is -2.24. The maximum atomic E-state index is 12.8. The predicted molar refractivity (Wildman–Crippen MR) is 228 cm³/mol. The summed E-state index contributed by atoms with van der Waals surface area (Å²) in [6, 6.07) is 29.4. The first kappa shape index (κ1) is 49.1. The van der Waals surface area contributed by atoms with Crippen molar-refractivity contribution >= 4 is 29.5 Å². The highest BCUT2D eigenvalue weighted by Crippen LogP contribution is 2.18. The van der Waals surface area contributed by atoms with Crippen LogP contribution in [0.2, 0.25) is 0 Å². The molecule has 0 aromatic heterocycles. The second kappa shape index (κ2) is 28.3. The molecule has 2 unspecified atom stereocenters. The Kier molecular flexibility index (Phi) is 22.8. The number of benzene rings is 4. The first-order valence-corrected chi connectivity index (χ1v) is 19.8. The van der Waals surface area contributed by atoms with E-state index < -0.39 is 30.1 Å². The second-order valence-corrected chi connectivity index (χ2v) is 13.5. The van der Waals surface area contributed by atoms with Crippen molar-refractivity contribution in [1.82, 2.24) is 0 Å². The van der Waals surface area contributed by atoms with Crippen LogP contribution in [0.1, 0.15) is 73.4 Å². The minimum atomic E-state index is -1.00. The van der Waals surface area contributed by atoms with Crippen molar-refractivity contribution < 1.29 is 62.6 Å². The number of aliphatic hydroxyl groups is 2. The fourth-order valence-electron chi connectivity index (χ4n) is 5.23. The van der Waals surface area contributed by atoms with E-state index in [4.69, 9.17) is 28.4 Å². The molecule has 4 aromatic carbocycles. The van der Waals surface area contributed by atoms with E-state index in [1.165, 1.54) is 6.07 Å². The Morgan fingerprint density at radius 3 is 1.54 bits per heavy atom. The highest BCUT2D eigenvalue weighted by molar-refractivity contribution is 6.14. The summed E-state index contributed by atoms with van der Waals surface area (Å²) in [6.45, 7) is 9.94. The van der Waals surface area contributed by atoms with Gasteiger partial charge in [0.25, 0.3) is 0 Å². The molecule has 13 nitrogen and oxygen atoms in total. The molecule has 0 heterocycles. The van der Waals surface area contributed by atoms with Gasteiger partial charge in [-0.25, -0.2) is 14.4 Å². The molecule has 2 atom stereocenters. The molecule has 13 heteroatoms. The lowest BCUT2D eigenvalue weighted by molar-refractivity contribution is -0.138. The van der Waals surface area contributed by atoms with Gasteiger partial charge in [-0.3, -0.25) is 9.59 Å². The average molecular weight is 839 g/mol. The fraction of sp³-hybridized carbons (Fsp3) is 0.312.